The lowest BCUT2D eigenvalue weighted by molar-refractivity contribution is -0.660. The number of para-hydroxylation sites is 4. The highest BCUT2D eigenvalue weighted by Gasteiger charge is 2.23. The Hall–Kier alpha value is -9.02. The summed E-state index contributed by atoms with van der Waals surface area (Å²) in [6.07, 6.45) is 17.1. The molecule has 0 unspecified atom stereocenters. The van der Waals surface area contributed by atoms with Crippen molar-refractivity contribution in [2.45, 2.75) is 47.7 Å². The maximum Gasteiger partial charge on any atom is 0.364 e. The van der Waals surface area contributed by atoms with Gasteiger partial charge in [0.25, 0.3) is 11.6 Å². The molecule has 1 aliphatic rings. The van der Waals surface area contributed by atoms with Gasteiger partial charge in [0.05, 0.1) is 66.4 Å². The van der Waals surface area contributed by atoms with Gasteiger partial charge in [0, 0.05) is 48.9 Å². The van der Waals surface area contributed by atoms with Crippen LogP contribution in [0.25, 0.3) is 28.3 Å². The Morgan fingerprint density at radius 2 is 0.911 bits per heavy atom. The number of benzene rings is 6. The first-order chi connectivity index (χ1) is 38.1. The molecular weight excluding hydrogens is 969 g/mol. The SMILES string of the molecule is Cc1ccccc1-c1cccc[n+]1C.Cc1ccccc1-c1n(-c2ccccc2)cc[n+]1C.Cc1ccccc1N(C)c1cccc[n+]1C.Cc1ccccc1N(C)c1n(C)cc[n+]1C.Cc1ccccc1N1C=CN(C)[C@@H]1C. The summed E-state index contributed by atoms with van der Waals surface area (Å²) >= 11 is 0. The average molecular weight is 1050 g/mol. The largest absolute Gasteiger partial charge is 0.364 e. The third-order valence-corrected chi connectivity index (χ3v) is 14.5. The smallest absolute Gasteiger partial charge is 0.359 e. The van der Waals surface area contributed by atoms with Crippen molar-refractivity contribution in [3.8, 4) is 28.3 Å². The summed E-state index contributed by atoms with van der Waals surface area (Å²) in [4.78, 5) is 8.90. The van der Waals surface area contributed by atoms with Gasteiger partial charge in [0.1, 0.15) is 42.7 Å². The zero-order chi connectivity index (χ0) is 56.6. The molecule has 0 bridgehead atoms. The van der Waals surface area contributed by atoms with Gasteiger partial charge < -0.3 is 9.80 Å². The normalized spacial score (nSPS) is 12.2. The molecule has 10 nitrogen and oxygen atoms in total. The lowest BCUT2D eigenvalue weighted by Gasteiger charge is -2.28. The summed E-state index contributed by atoms with van der Waals surface area (Å²) in [5.41, 5.74) is 15.3. The molecule has 10 aromatic rings. The molecule has 1 atom stereocenters. The number of rotatable bonds is 8. The predicted molar refractivity (Wildman–Crippen MR) is 328 cm³/mol. The number of hydrogen-bond acceptors (Lipinski definition) is 4. The number of aromatic nitrogens is 6. The molecule has 0 spiro atoms. The quantitative estimate of drug-likeness (QED) is 0.142. The summed E-state index contributed by atoms with van der Waals surface area (Å²) < 4.78 is 12.9. The van der Waals surface area contributed by atoms with Crippen LogP contribution in [0, 0.1) is 34.6 Å². The monoisotopic (exact) mass is 1050 g/mol. The molecule has 4 aromatic heterocycles. The van der Waals surface area contributed by atoms with Crippen LogP contribution in [0.5, 0.6) is 0 Å². The second-order valence-electron chi connectivity index (χ2n) is 20.2. The van der Waals surface area contributed by atoms with Gasteiger partial charge in [0.15, 0.2) is 6.20 Å². The van der Waals surface area contributed by atoms with Gasteiger partial charge in [-0.2, -0.15) is 4.57 Å². The minimum Gasteiger partial charge on any atom is -0.359 e. The van der Waals surface area contributed by atoms with Crippen LogP contribution in [0.3, 0.4) is 0 Å². The molecule has 79 heavy (non-hydrogen) atoms. The van der Waals surface area contributed by atoms with E-state index in [2.05, 4.69) is 364 Å². The Morgan fingerprint density at radius 3 is 1.44 bits per heavy atom. The number of imidazole rings is 2. The molecule has 6 aromatic carbocycles. The summed E-state index contributed by atoms with van der Waals surface area (Å²) in [5.74, 6) is 3.54. The Balaban J connectivity index is 0.000000144. The van der Waals surface area contributed by atoms with Gasteiger partial charge in [0.2, 0.25) is 5.69 Å². The summed E-state index contributed by atoms with van der Waals surface area (Å²) in [5, 5.41) is 0. The molecule has 404 valence electrons. The van der Waals surface area contributed by atoms with Crippen molar-refractivity contribution in [1.82, 2.24) is 14.0 Å². The second-order valence-corrected chi connectivity index (χ2v) is 20.2. The highest BCUT2D eigenvalue weighted by molar-refractivity contribution is 5.63. The maximum atomic E-state index is 2.29. The third-order valence-electron chi connectivity index (χ3n) is 14.5. The topological polar surface area (TPSA) is 38.3 Å². The van der Waals surface area contributed by atoms with E-state index in [-0.39, 0.29) is 0 Å². The van der Waals surface area contributed by atoms with E-state index in [1.54, 1.807) is 0 Å². The Morgan fingerprint density at radius 1 is 0.418 bits per heavy atom. The molecule has 0 saturated carbocycles. The van der Waals surface area contributed by atoms with Crippen molar-refractivity contribution >= 4 is 28.8 Å². The van der Waals surface area contributed by atoms with E-state index in [9.17, 15) is 0 Å². The van der Waals surface area contributed by atoms with Gasteiger partial charge in [-0.25, -0.2) is 32.6 Å². The lowest BCUT2D eigenvalue weighted by atomic mass is 10.1. The van der Waals surface area contributed by atoms with Crippen molar-refractivity contribution in [3.05, 3.63) is 265 Å². The number of pyridine rings is 2. The van der Waals surface area contributed by atoms with E-state index >= 15 is 0 Å². The minimum absolute atomic E-state index is 0.413. The first-order valence-electron chi connectivity index (χ1n) is 27.0. The molecule has 0 radical (unpaired) electrons. The van der Waals surface area contributed by atoms with Crippen LogP contribution in [-0.2, 0) is 35.2 Å². The van der Waals surface area contributed by atoms with E-state index in [1.807, 2.05) is 18.2 Å². The molecule has 5 heterocycles. The van der Waals surface area contributed by atoms with Crippen LogP contribution in [0.1, 0.15) is 34.7 Å². The Bertz CT molecular complexity index is 3460. The van der Waals surface area contributed by atoms with Gasteiger partial charge in [-0.15, -0.1) is 0 Å². The first-order valence-corrected chi connectivity index (χ1v) is 27.0. The van der Waals surface area contributed by atoms with Gasteiger partial charge in [-0.05, 0) is 124 Å². The molecule has 11 rings (SSSR count). The van der Waals surface area contributed by atoms with Gasteiger partial charge in [-0.3, -0.25) is 0 Å². The summed E-state index contributed by atoms with van der Waals surface area (Å²) in [7, 11) is 16.6. The molecule has 0 amide bonds. The predicted octanol–water partition coefficient (Wildman–Crippen LogP) is 12.8. The van der Waals surface area contributed by atoms with Crippen molar-refractivity contribution in [3.63, 3.8) is 0 Å². The molecule has 0 fully saturated rings. The number of nitrogens with zero attached hydrogens (tertiary/aromatic N) is 10. The van der Waals surface area contributed by atoms with Gasteiger partial charge in [-0.1, -0.05) is 115 Å². The van der Waals surface area contributed by atoms with Crippen LogP contribution in [0.4, 0.5) is 28.8 Å². The van der Waals surface area contributed by atoms with Gasteiger partial charge >= 0.3 is 5.95 Å². The van der Waals surface area contributed by atoms with E-state index in [0.29, 0.717) is 6.17 Å². The third kappa shape index (κ3) is 14.3. The van der Waals surface area contributed by atoms with Crippen LogP contribution in [0.2, 0.25) is 0 Å². The summed E-state index contributed by atoms with van der Waals surface area (Å²) in [6, 6.07) is 65.1. The zero-order valence-electron chi connectivity index (χ0n) is 49.1. The first kappa shape index (κ1) is 57.7. The van der Waals surface area contributed by atoms with Crippen molar-refractivity contribution in [1.29, 1.82) is 0 Å². The standard InChI is InChI=1S/C17H17N2.C14H17N2.C13H18N3.C13H14N.C12H16N2/c1-14-8-6-7-11-16(14)17-18(2)12-13-19(17)15-9-4-3-5-10-15;1-12-8-4-5-9-13(12)16(3)14-10-6-7-11-15(14)2;1-11-7-5-6-8-12(11)16(4)13-14(2)9-10-15(13)3;1-11-7-3-4-8-12(11)13-9-5-6-10-14(13)2;1-10-6-4-5-7-12(10)14-9-8-13(3)11(14)2/h3-13H,1-2H3;4-11H,1-3H3;5-10H,1-4H3;3-10H,1-2H3;4-9,11H,1-3H3/q4*+1;/t;;;;11-/m....0/s1. The number of aryl methyl sites for hydroxylation is 10. The highest BCUT2D eigenvalue weighted by Crippen LogP contribution is 2.28. The van der Waals surface area contributed by atoms with E-state index < -0.39 is 0 Å². The van der Waals surface area contributed by atoms with E-state index in [0.717, 1.165) is 5.95 Å². The molecule has 0 N–H and O–H groups in total. The van der Waals surface area contributed by atoms with Crippen LogP contribution in [-0.4, -0.2) is 41.3 Å². The fourth-order valence-corrected chi connectivity index (χ4v) is 9.87. The van der Waals surface area contributed by atoms with E-state index in [4.69, 9.17) is 0 Å². The van der Waals surface area contributed by atoms with Crippen molar-refractivity contribution in [2.75, 3.05) is 35.8 Å². The van der Waals surface area contributed by atoms with E-state index in [1.165, 1.54) is 79.0 Å². The molecule has 10 heteroatoms. The fourth-order valence-electron chi connectivity index (χ4n) is 9.87. The van der Waals surface area contributed by atoms with Crippen LogP contribution in [0.15, 0.2) is 238 Å². The molecular formula is C69H82N10+4. The Kier molecular flexibility index (Phi) is 20.0. The fraction of sp³-hybridized carbons (Fsp3) is 0.217. The minimum atomic E-state index is 0.413. The Labute approximate surface area is 471 Å². The molecule has 1 aliphatic heterocycles. The number of hydrogen-bond donors (Lipinski definition) is 0. The average Bonchev–Trinajstić information content (AvgIpc) is 4.14. The van der Waals surface area contributed by atoms with Crippen molar-refractivity contribution < 1.29 is 18.3 Å². The second kappa shape index (κ2) is 27.3. The maximum absolute atomic E-state index is 2.29. The molecule has 0 aliphatic carbocycles. The van der Waals surface area contributed by atoms with Crippen LogP contribution < -0.4 is 33.0 Å². The summed E-state index contributed by atoms with van der Waals surface area (Å²) in [6.45, 7) is 12.9. The van der Waals surface area contributed by atoms with Crippen molar-refractivity contribution in [2.24, 2.45) is 35.2 Å². The van der Waals surface area contributed by atoms with Crippen LogP contribution >= 0.6 is 0 Å². The highest BCUT2D eigenvalue weighted by atomic mass is 15.4. The molecule has 0 saturated heterocycles. The lowest BCUT2D eigenvalue weighted by Crippen LogP contribution is -2.35. The number of anilines is 5. The zero-order valence-corrected chi connectivity index (χ0v) is 49.1.